The second kappa shape index (κ2) is 8.63. The van der Waals surface area contributed by atoms with Crippen LogP contribution < -0.4 is 0 Å². The molecule has 0 unspecified atom stereocenters. The molecular weight excluding hydrogens is 320 g/mol. The summed E-state index contributed by atoms with van der Waals surface area (Å²) < 4.78 is 5.63. The van der Waals surface area contributed by atoms with E-state index in [1.54, 1.807) is 0 Å². The summed E-state index contributed by atoms with van der Waals surface area (Å²) in [4.78, 5) is 11.8. The molecule has 0 heterocycles. The van der Waals surface area contributed by atoms with Crippen LogP contribution >= 0.6 is 0 Å². The summed E-state index contributed by atoms with van der Waals surface area (Å²) in [5.74, 6) is 0.210. The molecule has 0 aliphatic carbocycles. The largest absolute Gasteiger partial charge is 0.425 e. The number of allylic oxidation sites excluding steroid dienone is 2. The summed E-state index contributed by atoms with van der Waals surface area (Å²) in [6.07, 6.45) is 4.02. The van der Waals surface area contributed by atoms with Gasteiger partial charge in [-0.05, 0) is 11.1 Å². The molecule has 0 saturated carbocycles. The Labute approximate surface area is 154 Å². The number of esters is 1. The number of carbonyl (C=O) groups is 1. The Balaban J connectivity index is 2.16. The molecule has 0 aliphatic heterocycles. The third-order valence-electron chi connectivity index (χ3n) is 3.85. The van der Waals surface area contributed by atoms with E-state index in [4.69, 9.17) is 4.74 Å². The van der Waals surface area contributed by atoms with Gasteiger partial charge in [0.15, 0.2) is 0 Å². The lowest BCUT2D eigenvalue weighted by atomic mass is 9.99. The molecule has 3 aromatic rings. The fourth-order valence-corrected chi connectivity index (χ4v) is 2.67. The zero-order valence-electron chi connectivity index (χ0n) is 14.6. The van der Waals surface area contributed by atoms with Gasteiger partial charge in [0, 0.05) is 18.1 Å². The van der Waals surface area contributed by atoms with Crippen molar-refractivity contribution in [1.29, 1.82) is 0 Å². The monoisotopic (exact) mass is 340 g/mol. The molecule has 2 nitrogen and oxygen atoms in total. The smallest absolute Gasteiger partial charge is 0.308 e. The van der Waals surface area contributed by atoms with Gasteiger partial charge in [-0.1, -0.05) is 103 Å². The van der Waals surface area contributed by atoms with Crippen LogP contribution in [0.25, 0.3) is 17.4 Å². The molecule has 0 radical (unpaired) electrons. The van der Waals surface area contributed by atoms with Gasteiger partial charge in [0.05, 0.1) is 0 Å². The highest BCUT2D eigenvalue weighted by Gasteiger charge is 2.13. The van der Waals surface area contributed by atoms with Crippen LogP contribution in [-0.2, 0) is 9.53 Å². The maximum absolute atomic E-state index is 11.8. The minimum atomic E-state index is -0.342. The summed E-state index contributed by atoms with van der Waals surface area (Å²) in [6.45, 7) is 1.42. The molecule has 0 spiro atoms. The van der Waals surface area contributed by atoms with Crippen LogP contribution in [-0.4, -0.2) is 5.97 Å². The first-order valence-electron chi connectivity index (χ1n) is 8.51. The number of rotatable bonds is 5. The van der Waals surface area contributed by atoms with Gasteiger partial charge in [-0.15, -0.1) is 0 Å². The van der Waals surface area contributed by atoms with Crippen LogP contribution in [0.4, 0.5) is 0 Å². The topological polar surface area (TPSA) is 26.3 Å². The van der Waals surface area contributed by atoms with Crippen LogP contribution in [0.15, 0.2) is 97.1 Å². The van der Waals surface area contributed by atoms with Gasteiger partial charge in [0.2, 0.25) is 0 Å². The van der Waals surface area contributed by atoms with Gasteiger partial charge in [0.25, 0.3) is 0 Å². The minimum absolute atomic E-state index is 0.342. The summed E-state index contributed by atoms with van der Waals surface area (Å²) in [7, 11) is 0. The number of ether oxygens (including phenoxy) is 1. The molecule has 0 amide bonds. The van der Waals surface area contributed by atoms with E-state index < -0.39 is 0 Å². The van der Waals surface area contributed by atoms with Crippen molar-refractivity contribution in [1.82, 2.24) is 0 Å². The van der Waals surface area contributed by atoms with Gasteiger partial charge in [-0.2, -0.15) is 0 Å². The maximum Gasteiger partial charge on any atom is 0.308 e. The fraction of sp³-hybridized carbons (Fsp3) is 0.0417. The number of carbonyl (C=O) groups excluding carboxylic acids is 1. The third kappa shape index (κ3) is 4.58. The van der Waals surface area contributed by atoms with E-state index in [1.807, 2.05) is 103 Å². The van der Waals surface area contributed by atoms with Gasteiger partial charge >= 0.3 is 5.97 Å². The van der Waals surface area contributed by atoms with Crippen molar-refractivity contribution in [2.45, 2.75) is 6.92 Å². The number of hydrogen-bond acceptors (Lipinski definition) is 2. The maximum atomic E-state index is 11.8. The van der Waals surface area contributed by atoms with E-state index in [-0.39, 0.29) is 5.97 Å². The average Bonchev–Trinajstić information content (AvgIpc) is 2.69. The lowest BCUT2D eigenvalue weighted by Crippen LogP contribution is -2.01. The zero-order valence-corrected chi connectivity index (χ0v) is 14.6. The standard InChI is InChI=1S/C24H20O2/c1-19(25)26-24(22-15-9-4-10-16-22)23(21-13-7-3-8-14-21)18-17-20-11-5-2-6-12-20/h2-18H,1H3/b18-17+,24-23-. The third-order valence-corrected chi connectivity index (χ3v) is 3.85. The molecule has 0 aromatic heterocycles. The first kappa shape index (κ1) is 17.4. The highest BCUT2D eigenvalue weighted by Crippen LogP contribution is 2.29. The molecule has 0 fully saturated rings. The highest BCUT2D eigenvalue weighted by molar-refractivity contribution is 5.97. The van der Waals surface area contributed by atoms with E-state index in [9.17, 15) is 4.79 Å². The van der Waals surface area contributed by atoms with Crippen LogP contribution in [0.1, 0.15) is 23.6 Å². The lowest BCUT2D eigenvalue weighted by molar-refractivity contribution is -0.134. The van der Waals surface area contributed by atoms with Crippen molar-refractivity contribution >= 4 is 23.4 Å². The number of hydrogen-bond donors (Lipinski definition) is 0. The van der Waals surface area contributed by atoms with Gasteiger partial charge < -0.3 is 4.74 Å². The molecule has 128 valence electrons. The van der Waals surface area contributed by atoms with E-state index >= 15 is 0 Å². The molecule has 3 aromatic carbocycles. The first-order valence-corrected chi connectivity index (χ1v) is 8.51. The van der Waals surface area contributed by atoms with Crippen LogP contribution in [0.5, 0.6) is 0 Å². The van der Waals surface area contributed by atoms with Crippen molar-refractivity contribution < 1.29 is 9.53 Å². The predicted molar refractivity (Wildman–Crippen MR) is 107 cm³/mol. The van der Waals surface area contributed by atoms with Crippen molar-refractivity contribution in [2.75, 3.05) is 0 Å². The predicted octanol–water partition coefficient (Wildman–Crippen LogP) is 5.83. The second-order valence-corrected chi connectivity index (χ2v) is 5.81. The normalized spacial score (nSPS) is 11.9. The Morgan fingerprint density at radius 2 is 1.23 bits per heavy atom. The summed E-state index contributed by atoms with van der Waals surface area (Å²) in [6, 6.07) is 29.7. The first-order chi connectivity index (χ1) is 12.7. The SMILES string of the molecule is CC(=O)O/C(=C(/C=C/c1ccccc1)c1ccccc1)c1ccccc1. The molecule has 0 N–H and O–H groups in total. The Hall–Kier alpha value is -3.39. The average molecular weight is 340 g/mol. The molecule has 26 heavy (non-hydrogen) atoms. The van der Waals surface area contributed by atoms with Gasteiger partial charge in [0.1, 0.15) is 5.76 Å². The summed E-state index contributed by atoms with van der Waals surface area (Å²) in [5.41, 5.74) is 3.78. The molecule has 0 bridgehead atoms. The van der Waals surface area contributed by atoms with E-state index in [1.165, 1.54) is 6.92 Å². The van der Waals surface area contributed by atoms with Crippen molar-refractivity contribution in [3.05, 3.63) is 114 Å². The molecule has 3 rings (SSSR count). The fourth-order valence-electron chi connectivity index (χ4n) is 2.67. The Morgan fingerprint density at radius 3 is 1.77 bits per heavy atom. The molecular formula is C24H20O2. The lowest BCUT2D eigenvalue weighted by Gasteiger charge is -2.13. The van der Waals surface area contributed by atoms with Crippen LogP contribution in [0.3, 0.4) is 0 Å². The molecule has 0 atom stereocenters. The molecule has 0 aliphatic rings. The van der Waals surface area contributed by atoms with E-state index in [0.717, 1.165) is 22.3 Å². The van der Waals surface area contributed by atoms with Crippen molar-refractivity contribution in [2.24, 2.45) is 0 Å². The van der Waals surface area contributed by atoms with Crippen molar-refractivity contribution in [3.63, 3.8) is 0 Å². The Morgan fingerprint density at radius 1 is 0.731 bits per heavy atom. The Bertz CT molecular complexity index is 908. The molecule has 0 saturated heterocycles. The van der Waals surface area contributed by atoms with Gasteiger partial charge in [-0.3, -0.25) is 4.79 Å². The van der Waals surface area contributed by atoms with Gasteiger partial charge in [-0.25, -0.2) is 0 Å². The minimum Gasteiger partial charge on any atom is -0.425 e. The van der Waals surface area contributed by atoms with E-state index in [0.29, 0.717) is 5.76 Å². The zero-order chi connectivity index (χ0) is 18.2. The van der Waals surface area contributed by atoms with Crippen molar-refractivity contribution in [3.8, 4) is 0 Å². The summed E-state index contributed by atoms with van der Waals surface area (Å²) in [5, 5.41) is 0. The van der Waals surface area contributed by atoms with Crippen LogP contribution in [0, 0.1) is 0 Å². The van der Waals surface area contributed by atoms with Crippen LogP contribution in [0.2, 0.25) is 0 Å². The summed E-state index contributed by atoms with van der Waals surface area (Å²) >= 11 is 0. The Kier molecular flexibility index (Phi) is 5.79. The second-order valence-electron chi connectivity index (χ2n) is 5.81. The number of benzene rings is 3. The molecule has 2 heteroatoms. The van der Waals surface area contributed by atoms with E-state index in [2.05, 4.69) is 0 Å². The highest BCUT2D eigenvalue weighted by atomic mass is 16.5. The quantitative estimate of drug-likeness (QED) is 0.253.